The van der Waals surface area contributed by atoms with E-state index < -0.39 is 5.60 Å². The highest BCUT2D eigenvalue weighted by Crippen LogP contribution is 2.37. The Morgan fingerprint density at radius 1 is 1.50 bits per heavy atom. The quantitative estimate of drug-likeness (QED) is 0.611. The van der Waals surface area contributed by atoms with E-state index in [4.69, 9.17) is 5.26 Å². The van der Waals surface area contributed by atoms with Crippen molar-refractivity contribution in [3.63, 3.8) is 0 Å². The number of hydrogen-bond acceptors (Lipinski definition) is 3. The van der Waals surface area contributed by atoms with Crippen LogP contribution >= 0.6 is 0 Å². The minimum atomic E-state index is -0.689. The van der Waals surface area contributed by atoms with Crippen molar-refractivity contribution in [2.75, 3.05) is 19.6 Å². The molecule has 66 valence electrons. The molecule has 3 nitrogen and oxygen atoms in total. The first-order valence-electron chi connectivity index (χ1n) is 4.56. The molecule has 1 unspecified atom stereocenters. The molecule has 3 saturated heterocycles. The molecule has 3 rings (SSSR count). The summed E-state index contributed by atoms with van der Waals surface area (Å²) in [7, 11) is 0. The fourth-order valence-electron chi connectivity index (χ4n) is 2.48. The van der Waals surface area contributed by atoms with Crippen molar-refractivity contribution in [1.82, 2.24) is 4.90 Å². The second-order valence-corrected chi connectivity index (χ2v) is 3.99. The summed E-state index contributed by atoms with van der Waals surface area (Å²) in [6.07, 6.45) is 2.44. The summed E-state index contributed by atoms with van der Waals surface area (Å²) < 4.78 is 0. The molecule has 1 N–H and O–H groups in total. The molecule has 2 bridgehead atoms. The molecule has 3 heterocycles. The fraction of sp³-hybridized carbons (Fsp3) is 0.889. The highest BCUT2D eigenvalue weighted by molar-refractivity contribution is 5.02. The topological polar surface area (TPSA) is 47.3 Å². The predicted octanol–water partition coefficient (Wildman–Crippen LogP) is 0.357. The van der Waals surface area contributed by atoms with E-state index in [1.807, 2.05) is 0 Å². The van der Waals surface area contributed by atoms with Crippen molar-refractivity contribution in [3.8, 4) is 6.07 Å². The smallest absolute Gasteiger partial charge is 0.0932 e. The van der Waals surface area contributed by atoms with E-state index in [2.05, 4.69) is 11.0 Å². The number of piperidine rings is 3. The molecule has 0 aromatic carbocycles. The predicted molar refractivity (Wildman–Crippen MR) is 44.3 cm³/mol. The van der Waals surface area contributed by atoms with Crippen molar-refractivity contribution in [3.05, 3.63) is 0 Å². The van der Waals surface area contributed by atoms with Crippen LogP contribution in [0, 0.1) is 17.2 Å². The van der Waals surface area contributed by atoms with E-state index in [-0.39, 0.29) is 0 Å². The Labute approximate surface area is 72.6 Å². The summed E-state index contributed by atoms with van der Waals surface area (Å²) in [5.74, 6) is 0.377. The van der Waals surface area contributed by atoms with Gasteiger partial charge < -0.3 is 10.0 Å². The number of nitrogens with zero attached hydrogens (tertiary/aromatic N) is 2. The van der Waals surface area contributed by atoms with E-state index >= 15 is 0 Å². The Hall–Kier alpha value is -0.590. The maximum absolute atomic E-state index is 10.1. The molecule has 0 saturated carbocycles. The molecule has 0 spiro atoms. The van der Waals surface area contributed by atoms with Gasteiger partial charge in [0.05, 0.1) is 18.1 Å². The van der Waals surface area contributed by atoms with Gasteiger partial charge in [-0.15, -0.1) is 0 Å². The number of rotatable bonds is 1. The van der Waals surface area contributed by atoms with Crippen LogP contribution in [-0.2, 0) is 0 Å². The molecule has 3 fully saturated rings. The van der Waals surface area contributed by atoms with Crippen molar-refractivity contribution < 1.29 is 5.11 Å². The lowest BCUT2D eigenvalue weighted by molar-refractivity contribution is -0.108. The molecule has 12 heavy (non-hydrogen) atoms. The van der Waals surface area contributed by atoms with Crippen LogP contribution in [0.5, 0.6) is 0 Å². The third kappa shape index (κ3) is 1.12. The average molecular weight is 166 g/mol. The zero-order valence-electron chi connectivity index (χ0n) is 7.16. The Morgan fingerprint density at radius 2 is 2.17 bits per heavy atom. The van der Waals surface area contributed by atoms with Crippen LogP contribution in [0.4, 0.5) is 0 Å². The van der Waals surface area contributed by atoms with Crippen LogP contribution < -0.4 is 0 Å². The van der Waals surface area contributed by atoms with E-state index in [1.54, 1.807) is 0 Å². The van der Waals surface area contributed by atoms with Crippen LogP contribution in [0.25, 0.3) is 0 Å². The summed E-state index contributed by atoms with van der Waals surface area (Å²) >= 11 is 0. The summed E-state index contributed by atoms with van der Waals surface area (Å²) in [5.41, 5.74) is -0.689. The zero-order valence-corrected chi connectivity index (χ0v) is 7.16. The molecule has 3 aliphatic heterocycles. The van der Waals surface area contributed by atoms with Gasteiger partial charge in [0.15, 0.2) is 0 Å². The van der Waals surface area contributed by atoms with Gasteiger partial charge in [0.2, 0.25) is 0 Å². The van der Waals surface area contributed by atoms with Crippen molar-refractivity contribution in [2.24, 2.45) is 5.92 Å². The molecule has 0 aliphatic carbocycles. The molecular weight excluding hydrogens is 152 g/mol. The third-order valence-corrected chi connectivity index (χ3v) is 3.23. The van der Waals surface area contributed by atoms with Gasteiger partial charge in [0.1, 0.15) is 0 Å². The third-order valence-electron chi connectivity index (χ3n) is 3.23. The van der Waals surface area contributed by atoms with Gasteiger partial charge in [-0.2, -0.15) is 5.26 Å². The molecule has 1 atom stereocenters. The minimum absolute atomic E-state index is 0.300. The Balaban J connectivity index is 2.12. The zero-order chi connectivity index (χ0) is 8.60. The maximum Gasteiger partial charge on any atom is 0.0932 e. The van der Waals surface area contributed by atoms with Crippen molar-refractivity contribution in [2.45, 2.75) is 24.9 Å². The molecule has 0 aromatic rings. The SMILES string of the molecule is N#CCC1(O)CN2CCC1CC2. The van der Waals surface area contributed by atoms with E-state index in [0.29, 0.717) is 18.9 Å². The van der Waals surface area contributed by atoms with Gasteiger partial charge in [-0.25, -0.2) is 0 Å². The average Bonchev–Trinajstić information content (AvgIpc) is 2.05. The van der Waals surface area contributed by atoms with Gasteiger partial charge >= 0.3 is 0 Å². The lowest BCUT2D eigenvalue weighted by Gasteiger charge is -2.49. The van der Waals surface area contributed by atoms with Crippen molar-refractivity contribution in [1.29, 1.82) is 5.26 Å². The molecule has 3 heteroatoms. The lowest BCUT2D eigenvalue weighted by atomic mass is 9.74. The van der Waals surface area contributed by atoms with Crippen LogP contribution in [0.2, 0.25) is 0 Å². The largest absolute Gasteiger partial charge is 0.387 e. The first-order chi connectivity index (χ1) is 5.74. The normalized spacial score (nSPS) is 45.7. The van der Waals surface area contributed by atoms with Crippen LogP contribution in [0.3, 0.4) is 0 Å². The van der Waals surface area contributed by atoms with E-state index in [9.17, 15) is 5.11 Å². The van der Waals surface area contributed by atoms with Crippen LogP contribution in [-0.4, -0.2) is 35.2 Å². The maximum atomic E-state index is 10.1. The first kappa shape index (κ1) is 8.03. The van der Waals surface area contributed by atoms with Crippen LogP contribution in [0.1, 0.15) is 19.3 Å². The summed E-state index contributed by atoms with van der Waals surface area (Å²) in [6.45, 7) is 2.93. The molecular formula is C9H14N2O. The number of hydrogen-bond donors (Lipinski definition) is 1. The van der Waals surface area contributed by atoms with Crippen LogP contribution in [0.15, 0.2) is 0 Å². The number of aliphatic hydroxyl groups is 1. The standard InChI is InChI=1S/C9H14N2O/c10-4-3-9(12)7-11-5-1-8(9)2-6-11/h8,12H,1-3,5-7H2. The second kappa shape index (κ2) is 2.72. The van der Waals surface area contributed by atoms with Gasteiger partial charge in [-0.1, -0.05) is 0 Å². The Morgan fingerprint density at radius 3 is 2.58 bits per heavy atom. The van der Waals surface area contributed by atoms with Crippen molar-refractivity contribution >= 4 is 0 Å². The van der Waals surface area contributed by atoms with E-state index in [1.165, 1.54) is 0 Å². The monoisotopic (exact) mass is 166 g/mol. The van der Waals surface area contributed by atoms with Gasteiger partial charge in [0, 0.05) is 6.54 Å². The Kier molecular flexibility index (Phi) is 1.82. The lowest BCUT2D eigenvalue weighted by Crippen LogP contribution is -2.58. The second-order valence-electron chi connectivity index (χ2n) is 3.99. The number of fused-ring (bicyclic) bond motifs is 3. The minimum Gasteiger partial charge on any atom is -0.387 e. The van der Waals surface area contributed by atoms with Gasteiger partial charge in [-0.05, 0) is 31.8 Å². The molecule has 0 radical (unpaired) electrons. The first-order valence-corrected chi connectivity index (χ1v) is 4.56. The van der Waals surface area contributed by atoms with E-state index in [0.717, 1.165) is 25.9 Å². The number of nitriles is 1. The highest BCUT2D eigenvalue weighted by atomic mass is 16.3. The van der Waals surface area contributed by atoms with Gasteiger partial charge in [-0.3, -0.25) is 0 Å². The molecule has 0 aromatic heterocycles. The molecule has 0 amide bonds. The van der Waals surface area contributed by atoms with Gasteiger partial charge in [0.25, 0.3) is 0 Å². The summed E-state index contributed by atoms with van der Waals surface area (Å²) in [4.78, 5) is 2.26. The summed E-state index contributed by atoms with van der Waals surface area (Å²) in [5, 5.41) is 18.7. The molecule has 3 aliphatic rings. The fourth-order valence-corrected chi connectivity index (χ4v) is 2.48. The highest BCUT2D eigenvalue weighted by Gasteiger charge is 2.44. The Bertz CT molecular complexity index is 215. The summed E-state index contributed by atoms with van der Waals surface area (Å²) in [6, 6.07) is 2.09.